The molecule has 0 aromatic heterocycles. The van der Waals surface area contributed by atoms with Crippen LogP contribution in [0.15, 0.2) is 12.7 Å². The molecule has 0 amide bonds. The third-order valence-electron chi connectivity index (χ3n) is 8.09. The molecule has 4 nitrogen and oxygen atoms in total. The fourth-order valence-electron chi connectivity index (χ4n) is 3.36. The number of rotatable bonds is 16. The van der Waals surface area contributed by atoms with Crippen molar-refractivity contribution >= 4 is 28.7 Å². The summed E-state index contributed by atoms with van der Waals surface area (Å²) >= 11 is 0. The Labute approximate surface area is 213 Å². The lowest BCUT2D eigenvalue weighted by Crippen LogP contribution is -2.47. The van der Waals surface area contributed by atoms with Crippen molar-refractivity contribution < 1.29 is 18.4 Å². The zero-order valence-corrected chi connectivity index (χ0v) is 26.5. The highest BCUT2D eigenvalue weighted by Gasteiger charge is 2.42. The van der Waals surface area contributed by atoms with Crippen LogP contribution < -0.4 is 0 Å². The van der Waals surface area contributed by atoms with Gasteiger partial charge in [0.1, 0.15) is 12.1 Å². The highest BCUT2D eigenvalue weighted by Crippen LogP contribution is 2.40. The Morgan fingerprint density at radius 3 is 1.82 bits per heavy atom. The van der Waals surface area contributed by atoms with Gasteiger partial charge in [0.15, 0.2) is 16.6 Å². The molecule has 4 atom stereocenters. The molecule has 0 N–H and O–H groups in total. The van der Waals surface area contributed by atoms with Crippen LogP contribution in [-0.4, -0.2) is 40.9 Å². The first-order valence-electron chi connectivity index (χ1n) is 13.2. The van der Waals surface area contributed by atoms with Crippen molar-refractivity contribution in [2.24, 2.45) is 11.8 Å². The normalized spacial score (nSPS) is 17.1. The van der Waals surface area contributed by atoms with E-state index in [1.165, 1.54) is 0 Å². The minimum absolute atomic E-state index is 0.0265. The molecule has 0 bridgehead atoms. The van der Waals surface area contributed by atoms with Crippen LogP contribution in [0.3, 0.4) is 0 Å². The van der Waals surface area contributed by atoms with E-state index in [0.29, 0.717) is 6.42 Å². The number of hydrogen-bond donors (Lipinski definition) is 0. The maximum absolute atomic E-state index is 13.6. The lowest BCUT2D eigenvalue weighted by Gasteiger charge is -2.41. The summed E-state index contributed by atoms with van der Waals surface area (Å²) in [6.45, 7) is 30.2. The molecule has 0 aliphatic heterocycles. The van der Waals surface area contributed by atoms with Gasteiger partial charge in [-0.15, -0.1) is 6.58 Å². The van der Waals surface area contributed by atoms with Gasteiger partial charge in [0, 0.05) is 18.3 Å². The smallest absolute Gasteiger partial charge is 0.192 e. The van der Waals surface area contributed by atoms with Gasteiger partial charge in [0.2, 0.25) is 0 Å². The molecule has 0 spiro atoms. The fourth-order valence-corrected chi connectivity index (χ4v) is 6.19. The Balaban J connectivity index is 5.69. The van der Waals surface area contributed by atoms with E-state index in [0.717, 1.165) is 38.4 Å². The highest BCUT2D eigenvalue weighted by molar-refractivity contribution is 6.74. The monoisotopic (exact) mass is 512 g/mol. The molecule has 0 fully saturated rings. The van der Waals surface area contributed by atoms with E-state index in [-0.39, 0.29) is 39.9 Å². The quantitative estimate of drug-likeness (QED) is 0.0902. The summed E-state index contributed by atoms with van der Waals surface area (Å²) in [4.78, 5) is 24.8. The van der Waals surface area contributed by atoms with Crippen LogP contribution in [0, 0.1) is 11.8 Å². The zero-order valence-electron chi connectivity index (χ0n) is 24.5. The molecule has 6 heteroatoms. The van der Waals surface area contributed by atoms with Crippen molar-refractivity contribution in [3.8, 4) is 0 Å². The number of unbranched alkanes of at least 4 members (excludes halogenated alkanes) is 1. The molecule has 0 aromatic carbocycles. The second-order valence-corrected chi connectivity index (χ2v) is 22.8. The molecule has 0 saturated heterocycles. The predicted molar refractivity (Wildman–Crippen MR) is 151 cm³/mol. The van der Waals surface area contributed by atoms with E-state index in [4.69, 9.17) is 8.85 Å². The molecule has 0 aliphatic carbocycles. The molecular formula is C28H56O4Si2. The first-order valence-corrected chi connectivity index (χ1v) is 19.0. The summed E-state index contributed by atoms with van der Waals surface area (Å²) in [5, 5.41) is 0.153. The summed E-state index contributed by atoms with van der Waals surface area (Å²) < 4.78 is 13.5. The molecule has 0 saturated carbocycles. The molecule has 0 heterocycles. The number of hydrogen-bond acceptors (Lipinski definition) is 4. The van der Waals surface area contributed by atoms with Gasteiger partial charge in [-0.25, -0.2) is 0 Å². The number of Topliss-reactive ketones (excluding diaryl/α,β-unsaturated/α-hetero) is 1. The zero-order chi connectivity index (χ0) is 27.0. The van der Waals surface area contributed by atoms with Crippen molar-refractivity contribution in [1.29, 1.82) is 0 Å². The summed E-state index contributed by atoms with van der Waals surface area (Å²) in [6.07, 6.45) is 7.36. The van der Waals surface area contributed by atoms with Crippen LogP contribution in [0.2, 0.25) is 36.3 Å². The molecule has 34 heavy (non-hydrogen) atoms. The third kappa shape index (κ3) is 11.0. The number of aldehydes is 1. The van der Waals surface area contributed by atoms with Crippen molar-refractivity contribution in [2.75, 3.05) is 0 Å². The van der Waals surface area contributed by atoms with Gasteiger partial charge in [-0.05, 0) is 68.4 Å². The number of carbonyl (C=O) groups excluding carboxylic acids is 2. The summed E-state index contributed by atoms with van der Waals surface area (Å²) in [5.74, 6) is -0.0379. The fraction of sp³-hybridized carbons (Fsp3) is 0.857. The molecule has 0 aliphatic rings. The van der Waals surface area contributed by atoms with Gasteiger partial charge >= 0.3 is 0 Å². The topological polar surface area (TPSA) is 52.6 Å². The van der Waals surface area contributed by atoms with E-state index in [1.807, 2.05) is 19.9 Å². The number of ketones is 1. The van der Waals surface area contributed by atoms with Gasteiger partial charge in [0.25, 0.3) is 0 Å². The molecule has 0 aromatic rings. The standard InChI is InChI=1S/C28H56O4Si2/c1-14-15-16-17-24(31-33(10,11)27(4,5)6)20-25(30)23(3)26(19-18-22(2)21-29)32-34(12,13)28(7,8)9/h14,21-24,26H,1,15-20H2,2-13H3/t22-,23+,24-,26+/m1/s1. The molecular weight excluding hydrogens is 456 g/mol. The lowest BCUT2D eigenvalue weighted by atomic mass is 9.90. The number of carbonyl (C=O) groups is 2. The average molecular weight is 513 g/mol. The molecule has 200 valence electrons. The van der Waals surface area contributed by atoms with Gasteiger partial charge in [-0.3, -0.25) is 4.79 Å². The Hall–Kier alpha value is -0.566. The van der Waals surface area contributed by atoms with E-state index >= 15 is 0 Å². The Morgan fingerprint density at radius 1 is 0.882 bits per heavy atom. The second-order valence-electron chi connectivity index (χ2n) is 13.3. The Bertz CT molecular complexity index is 644. The number of allylic oxidation sites excluding steroid dienone is 1. The van der Waals surface area contributed by atoms with Crippen LogP contribution in [-0.2, 0) is 18.4 Å². The van der Waals surface area contributed by atoms with Crippen LogP contribution >= 0.6 is 0 Å². The largest absolute Gasteiger partial charge is 0.413 e. The van der Waals surface area contributed by atoms with Gasteiger partial charge < -0.3 is 13.6 Å². The van der Waals surface area contributed by atoms with Crippen LogP contribution in [0.1, 0.15) is 93.9 Å². The Morgan fingerprint density at radius 2 is 1.38 bits per heavy atom. The Kier molecular flexibility index (Phi) is 13.4. The molecule has 0 unspecified atom stereocenters. The maximum Gasteiger partial charge on any atom is 0.192 e. The SMILES string of the molecule is C=CCCC[C@H](CC(=O)[C@H](C)[C@H](CC[C@@H](C)C=O)O[Si](C)(C)C(C)(C)C)O[Si](C)(C)C(C)(C)C. The molecule has 0 radical (unpaired) electrons. The second kappa shape index (κ2) is 13.7. The highest BCUT2D eigenvalue weighted by atomic mass is 28.4. The predicted octanol–water partition coefficient (Wildman–Crippen LogP) is 8.33. The van der Waals surface area contributed by atoms with Gasteiger partial charge in [-0.2, -0.15) is 0 Å². The third-order valence-corrected chi connectivity index (χ3v) is 17.1. The first kappa shape index (κ1) is 33.4. The van der Waals surface area contributed by atoms with E-state index in [1.54, 1.807) is 0 Å². The van der Waals surface area contributed by atoms with Crippen LogP contribution in [0.25, 0.3) is 0 Å². The van der Waals surface area contributed by atoms with E-state index in [2.05, 4.69) is 74.3 Å². The minimum Gasteiger partial charge on any atom is -0.413 e. The summed E-state index contributed by atoms with van der Waals surface area (Å²) in [6, 6.07) is 0. The lowest BCUT2D eigenvalue weighted by molar-refractivity contribution is -0.127. The maximum atomic E-state index is 13.6. The van der Waals surface area contributed by atoms with Crippen molar-refractivity contribution in [3.05, 3.63) is 12.7 Å². The van der Waals surface area contributed by atoms with Crippen LogP contribution in [0.4, 0.5) is 0 Å². The van der Waals surface area contributed by atoms with Crippen LogP contribution in [0.5, 0.6) is 0 Å². The minimum atomic E-state index is -2.06. The van der Waals surface area contributed by atoms with Crippen molar-refractivity contribution in [2.45, 2.75) is 142 Å². The van der Waals surface area contributed by atoms with Crippen molar-refractivity contribution in [1.82, 2.24) is 0 Å². The van der Waals surface area contributed by atoms with Crippen molar-refractivity contribution in [3.63, 3.8) is 0 Å². The van der Waals surface area contributed by atoms with Gasteiger partial charge in [0.05, 0.1) is 12.2 Å². The average Bonchev–Trinajstić information content (AvgIpc) is 2.68. The molecule has 0 rings (SSSR count). The summed E-state index contributed by atoms with van der Waals surface area (Å²) in [5.41, 5.74) is 0. The van der Waals surface area contributed by atoms with E-state index < -0.39 is 16.6 Å². The first-order chi connectivity index (χ1) is 15.3. The van der Waals surface area contributed by atoms with E-state index in [9.17, 15) is 9.59 Å². The van der Waals surface area contributed by atoms with Gasteiger partial charge in [-0.1, -0.05) is 61.5 Å². The summed E-state index contributed by atoms with van der Waals surface area (Å²) in [7, 11) is -4.06.